The third-order valence-electron chi connectivity index (χ3n) is 5.09. The maximum Gasteiger partial charge on any atom is 0.320 e. The molecule has 200 valence electrons. The van der Waals surface area contributed by atoms with E-state index in [0.717, 1.165) is 11.4 Å². The lowest BCUT2D eigenvalue weighted by molar-refractivity contribution is 0.252. The third kappa shape index (κ3) is 7.44. The number of fused-ring (bicyclic) bond motifs is 1. The van der Waals surface area contributed by atoms with Gasteiger partial charge in [0.1, 0.15) is 18.2 Å². The van der Waals surface area contributed by atoms with Crippen LogP contribution < -0.4 is 26.4 Å². The van der Waals surface area contributed by atoms with Crippen LogP contribution in [0.25, 0.3) is 16.6 Å². The normalized spacial score (nSPS) is 12.7. The summed E-state index contributed by atoms with van der Waals surface area (Å²) in [6.45, 7) is 7.17. The molecule has 5 N–H and O–H groups in total. The number of hydrogen-bond acceptors (Lipinski definition) is 7. The van der Waals surface area contributed by atoms with E-state index in [1.165, 1.54) is 0 Å². The third-order valence-corrected chi connectivity index (χ3v) is 5.75. The minimum atomic E-state index is -0.404. The Bertz CT molecular complexity index is 1360. The van der Waals surface area contributed by atoms with E-state index in [9.17, 15) is 4.79 Å². The number of hydrogen-bond donors (Lipinski definition) is 4. The maximum absolute atomic E-state index is 12.4. The van der Waals surface area contributed by atoms with Crippen LogP contribution in [0, 0.1) is 0 Å². The molecule has 0 atom stereocenters. The van der Waals surface area contributed by atoms with E-state index in [4.69, 9.17) is 33.7 Å². The van der Waals surface area contributed by atoms with Gasteiger partial charge in [-0.05, 0) is 43.3 Å². The molecule has 3 aromatic rings. The average molecular weight is 556 g/mol. The molecule has 0 spiro atoms. The van der Waals surface area contributed by atoms with Crippen LogP contribution in [0.1, 0.15) is 32.8 Å². The number of halogens is 2. The molecule has 0 aliphatic heterocycles. The largest absolute Gasteiger partial charge is 0.492 e. The first-order chi connectivity index (χ1) is 18.5. The van der Waals surface area contributed by atoms with Crippen molar-refractivity contribution in [3.8, 4) is 5.75 Å². The van der Waals surface area contributed by atoms with Crippen molar-refractivity contribution in [2.75, 3.05) is 30.3 Å². The highest BCUT2D eigenvalue weighted by Gasteiger charge is 2.20. The van der Waals surface area contributed by atoms with Gasteiger partial charge in [-0.25, -0.2) is 14.8 Å². The summed E-state index contributed by atoms with van der Waals surface area (Å²) in [7, 11) is 0. The summed E-state index contributed by atoms with van der Waals surface area (Å²) in [4.78, 5) is 26.0. The average Bonchev–Trinajstić information content (AvgIpc) is 3.09. The Morgan fingerprint density at radius 2 is 1.92 bits per heavy atom. The number of rotatable bonds is 8. The molecule has 1 aliphatic carbocycles. The van der Waals surface area contributed by atoms with E-state index in [2.05, 4.69) is 30.9 Å². The van der Waals surface area contributed by atoms with Gasteiger partial charge in [-0.3, -0.25) is 5.32 Å². The van der Waals surface area contributed by atoms with Gasteiger partial charge in [0.15, 0.2) is 5.65 Å². The molecule has 4 rings (SSSR count). The zero-order valence-electron chi connectivity index (χ0n) is 21.5. The maximum atomic E-state index is 12.4. The van der Waals surface area contributed by atoms with E-state index in [0.29, 0.717) is 64.3 Å². The number of anilines is 3. The van der Waals surface area contributed by atoms with Crippen LogP contribution in [0.5, 0.6) is 5.75 Å². The van der Waals surface area contributed by atoms with Crippen LogP contribution in [0.3, 0.4) is 0 Å². The standard InChI is InChI=1S/C25H25Cl2N7O2.C2H6/c1-2-29-25(35)34-23-18(21-19(26)5-3-4-6-20(21)27)13-15-14-30-24(33-22(15)32-23)31-16-7-9-17(10-8-16)36-12-11-28;1-2/h3-5,7-10,13-14H,2,6,11-12,28H2,1H3,(H3,29,30,31,32,33,34,35);1-2H3. The van der Waals surface area contributed by atoms with Gasteiger partial charge in [-0.2, -0.15) is 4.98 Å². The van der Waals surface area contributed by atoms with Gasteiger partial charge < -0.3 is 21.1 Å². The molecule has 0 fully saturated rings. The summed E-state index contributed by atoms with van der Waals surface area (Å²) >= 11 is 13.1. The predicted octanol–water partition coefficient (Wildman–Crippen LogP) is 6.31. The highest BCUT2D eigenvalue weighted by Crippen LogP contribution is 2.38. The van der Waals surface area contributed by atoms with Crippen molar-refractivity contribution < 1.29 is 9.53 Å². The molecular formula is C27H31Cl2N7O2. The first-order valence-electron chi connectivity index (χ1n) is 12.3. The molecule has 0 bridgehead atoms. The molecule has 38 heavy (non-hydrogen) atoms. The Labute approximate surface area is 232 Å². The van der Waals surface area contributed by atoms with Gasteiger partial charge in [0.05, 0.1) is 0 Å². The van der Waals surface area contributed by atoms with Crippen LogP contribution in [0.4, 0.5) is 22.2 Å². The van der Waals surface area contributed by atoms with Crippen LogP contribution in [0.2, 0.25) is 0 Å². The summed E-state index contributed by atoms with van der Waals surface area (Å²) in [6.07, 6.45) is 7.64. The second kappa shape index (κ2) is 14.3. The fraction of sp³-hybridized carbons (Fsp3) is 0.259. The van der Waals surface area contributed by atoms with E-state index >= 15 is 0 Å². The van der Waals surface area contributed by atoms with Gasteiger partial charge in [0, 0.05) is 58.0 Å². The quantitative estimate of drug-likeness (QED) is 0.256. The number of nitrogens with one attached hydrogen (secondary N) is 3. The molecular weight excluding hydrogens is 525 g/mol. The predicted molar refractivity (Wildman–Crippen MR) is 156 cm³/mol. The topological polar surface area (TPSA) is 127 Å². The molecule has 1 aromatic carbocycles. The fourth-order valence-electron chi connectivity index (χ4n) is 3.48. The van der Waals surface area contributed by atoms with Crippen molar-refractivity contribution in [2.24, 2.45) is 5.73 Å². The van der Waals surface area contributed by atoms with Crippen molar-refractivity contribution >= 4 is 63.3 Å². The molecule has 2 amide bonds. The summed E-state index contributed by atoms with van der Waals surface area (Å²) < 4.78 is 5.50. The number of aromatic nitrogens is 3. The zero-order chi connectivity index (χ0) is 27.5. The van der Waals surface area contributed by atoms with Crippen molar-refractivity contribution in [1.29, 1.82) is 0 Å². The van der Waals surface area contributed by atoms with E-state index in [-0.39, 0.29) is 5.82 Å². The number of nitrogens with two attached hydrogens (primary N) is 1. The Morgan fingerprint density at radius 3 is 2.63 bits per heavy atom. The summed E-state index contributed by atoms with van der Waals surface area (Å²) in [5, 5.41) is 10.3. The highest BCUT2D eigenvalue weighted by molar-refractivity contribution is 6.42. The molecule has 11 heteroatoms. The molecule has 0 radical (unpaired) electrons. The lowest BCUT2D eigenvalue weighted by Gasteiger charge is -2.16. The zero-order valence-corrected chi connectivity index (χ0v) is 23.0. The van der Waals surface area contributed by atoms with Gasteiger partial charge in [0.25, 0.3) is 0 Å². The van der Waals surface area contributed by atoms with Gasteiger partial charge in [-0.1, -0.05) is 49.2 Å². The minimum absolute atomic E-state index is 0.279. The molecule has 0 saturated carbocycles. The second-order valence-electron chi connectivity index (χ2n) is 7.69. The number of amides is 2. The summed E-state index contributed by atoms with van der Waals surface area (Å²) in [5.41, 5.74) is 7.78. The summed E-state index contributed by atoms with van der Waals surface area (Å²) in [5.74, 6) is 1.34. The van der Waals surface area contributed by atoms with E-state index in [1.54, 1.807) is 12.3 Å². The Balaban J connectivity index is 0.00000195. The number of urea groups is 1. The first-order valence-corrected chi connectivity index (χ1v) is 13.1. The Kier molecular flexibility index (Phi) is 10.9. The summed E-state index contributed by atoms with van der Waals surface area (Å²) in [6, 6.07) is 8.76. The molecule has 0 saturated heterocycles. The highest BCUT2D eigenvalue weighted by atomic mass is 35.5. The number of carbonyl (C=O) groups excluding carboxylic acids is 1. The van der Waals surface area contributed by atoms with Crippen molar-refractivity contribution in [1.82, 2.24) is 20.3 Å². The van der Waals surface area contributed by atoms with Crippen molar-refractivity contribution in [3.63, 3.8) is 0 Å². The van der Waals surface area contributed by atoms with Crippen LogP contribution >= 0.6 is 23.2 Å². The molecule has 0 unspecified atom stereocenters. The number of nitrogens with zero attached hydrogens (tertiary/aromatic N) is 3. The van der Waals surface area contributed by atoms with E-state index in [1.807, 2.05) is 63.3 Å². The lowest BCUT2D eigenvalue weighted by Crippen LogP contribution is -2.29. The second-order valence-corrected chi connectivity index (χ2v) is 8.55. The van der Waals surface area contributed by atoms with Gasteiger partial charge >= 0.3 is 6.03 Å². The minimum Gasteiger partial charge on any atom is -0.492 e. The first kappa shape index (κ1) is 28.9. The molecule has 2 heterocycles. The number of allylic oxidation sites excluding steroid dienone is 6. The number of ether oxygens (including phenoxy) is 1. The smallest absolute Gasteiger partial charge is 0.320 e. The van der Waals surface area contributed by atoms with Crippen LogP contribution in [-0.4, -0.2) is 40.7 Å². The Hall–Kier alpha value is -3.66. The van der Waals surface area contributed by atoms with Gasteiger partial charge in [0.2, 0.25) is 5.95 Å². The number of pyridine rings is 1. The van der Waals surface area contributed by atoms with Crippen molar-refractivity contribution in [2.45, 2.75) is 27.2 Å². The van der Waals surface area contributed by atoms with E-state index < -0.39 is 6.03 Å². The monoisotopic (exact) mass is 555 g/mol. The lowest BCUT2D eigenvalue weighted by atomic mass is 10.0. The van der Waals surface area contributed by atoms with Crippen LogP contribution in [0.15, 0.2) is 64.8 Å². The number of carbonyl (C=O) groups is 1. The van der Waals surface area contributed by atoms with Gasteiger partial charge in [-0.15, -0.1) is 0 Å². The Morgan fingerprint density at radius 1 is 1.16 bits per heavy atom. The number of benzene rings is 1. The molecule has 9 nitrogen and oxygen atoms in total. The van der Waals surface area contributed by atoms with Crippen molar-refractivity contribution in [3.05, 3.63) is 70.4 Å². The molecule has 1 aliphatic rings. The fourth-order valence-corrected chi connectivity index (χ4v) is 4.11. The SMILES string of the molecule is CC.CCNC(=O)Nc1nc2nc(Nc3ccc(OCCN)cc3)ncc2cc1C1=C(Cl)CC=CC=C1Cl. The van der Waals surface area contributed by atoms with Crippen LogP contribution in [-0.2, 0) is 0 Å². The molecule has 2 aromatic heterocycles.